The second-order valence-electron chi connectivity index (χ2n) is 4.14. The molecule has 2 N–H and O–H groups in total. The Bertz CT molecular complexity index is 526. The molecule has 2 aromatic heterocycles. The van der Waals surface area contributed by atoms with Crippen molar-refractivity contribution < 1.29 is 0 Å². The Kier molecular flexibility index (Phi) is 4.27. The van der Waals surface area contributed by atoms with Crippen molar-refractivity contribution in [1.82, 2.24) is 14.8 Å². The number of halogens is 1. The summed E-state index contributed by atoms with van der Waals surface area (Å²) in [6, 6.07) is 3.63. The molecule has 0 saturated carbocycles. The monoisotopic (exact) mass is 282 g/mol. The van der Waals surface area contributed by atoms with Crippen molar-refractivity contribution >= 4 is 23.4 Å². The topological polar surface area (TPSA) is 56.7 Å². The number of hydrogen-bond donors (Lipinski definition) is 1. The van der Waals surface area contributed by atoms with Gasteiger partial charge in [-0.25, -0.2) is 4.98 Å². The van der Waals surface area contributed by atoms with Gasteiger partial charge in [0.1, 0.15) is 5.03 Å². The van der Waals surface area contributed by atoms with Crippen molar-refractivity contribution in [3.8, 4) is 0 Å². The third-order valence-corrected chi connectivity index (χ3v) is 4.42. The Hall–Kier alpha value is -1.04. The second kappa shape index (κ2) is 5.73. The molecule has 2 heterocycles. The largest absolute Gasteiger partial charge is 0.327 e. The Morgan fingerprint density at radius 2 is 2.28 bits per heavy atom. The Morgan fingerprint density at radius 1 is 1.50 bits per heavy atom. The van der Waals surface area contributed by atoms with Gasteiger partial charge in [0.25, 0.3) is 0 Å². The van der Waals surface area contributed by atoms with Gasteiger partial charge in [0.2, 0.25) is 0 Å². The molecule has 0 aromatic carbocycles. The molecular formula is C12H15ClN4S. The minimum absolute atomic E-state index is 0.0164. The highest BCUT2D eigenvalue weighted by atomic mass is 35.5. The lowest BCUT2D eigenvalue weighted by Gasteiger charge is -2.18. The van der Waals surface area contributed by atoms with Crippen molar-refractivity contribution in [3.05, 3.63) is 41.3 Å². The number of aryl methyl sites for hydroxylation is 1. The van der Waals surface area contributed by atoms with E-state index in [1.807, 2.05) is 38.5 Å². The summed E-state index contributed by atoms with van der Waals surface area (Å²) in [4.78, 5) is 4.28. The van der Waals surface area contributed by atoms with E-state index in [0.717, 1.165) is 10.6 Å². The van der Waals surface area contributed by atoms with E-state index in [1.54, 1.807) is 22.6 Å². The third-order valence-electron chi connectivity index (χ3n) is 2.49. The van der Waals surface area contributed by atoms with Crippen LogP contribution in [0.5, 0.6) is 0 Å². The van der Waals surface area contributed by atoms with E-state index >= 15 is 0 Å². The average Bonchev–Trinajstić information content (AvgIpc) is 2.74. The van der Waals surface area contributed by atoms with Gasteiger partial charge in [-0.3, -0.25) is 4.68 Å². The summed E-state index contributed by atoms with van der Waals surface area (Å²) in [5, 5.41) is 5.71. The summed E-state index contributed by atoms with van der Waals surface area (Å²) in [5.74, 6) is 0. The Labute approximate surface area is 116 Å². The molecule has 2 unspecified atom stereocenters. The van der Waals surface area contributed by atoms with Crippen molar-refractivity contribution in [2.45, 2.75) is 23.2 Å². The van der Waals surface area contributed by atoms with Crippen LogP contribution in [0.4, 0.5) is 0 Å². The number of nitrogens with zero attached hydrogens (tertiary/aromatic N) is 3. The molecule has 4 nitrogen and oxygen atoms in total. The van der Waals surface area contributed by atoms with Crippen LogP contribution < -0.4 is 5.73 Å². The summed E-state index contributed by atoms with van der Waals surface area (Å²) < 4.78 is 1.77. The van der Waals surface area contributed by atoms with Crippen molar-refractivity contribution in [3.63, 3.8) is 0 Å². The lowest BCUT2D eigenvalue weighted by molar-refractivity contribution is 0.717. The van der Waals surface area contributed by atoms with E-state index in [-0.39, 0.29) is 11.3 Å². The van der Waals surface area contributed by atoms with Gasteiger partial charge in [0.15, 0.2) is 0 Å². The molecular weight excluding hydrogens is 268 g/mol. The van der Waals surface area contributed by atoms with E-state index in [2.05, 4.69) is 10.1 Å². The number of hydrogen-bond acceptors (Lipinski definition) is 4. The molecule has 0 radical (unpaired) electrons. The number of thioether (sulfide) groups is 1. The average molecular weight is 283 g/mol. The molecule has 0 amide bonds. The smallest absolute Gasteiger partial charge is 0.115 e. The summed E-state index contributed by atoms with van der Waals surface area (Å²) >= 11 is 7.69. The molecule has 2 aromatic rings. The zero-order chi connectivity index (χ0) is 13.1. The van der Waals surface area contributed by atoms with Crippen LogP contribution in [0, 0.1) is 0 Å². The van der Waals surface area contributed by atoms with Gasteiger partial charge in [0, 0.05) is 31.0 Å². The van der Waals surface area contributed by atoms with Crippen LogP contribution in [0.3, 0.4) is 0 Å². The first kappa shape index (κ1) is 13.4. The molecule has 0 aliphatic heterocycles. The van der Waals surface area contributed by atoms with Crippen molar-refractivity contribution in [2.75, 3.05) is 0 Å². The minimum atomic E-state index is -0.0164. The molecule has 0 saturated heterocycles. The Balaban J connectivity index is 2.25. The quantitative estimate of drug-likeness (QED) is 0.876. The van der Waals surface area contributed by atoms with E-state index in [1.165, 1.54) is 0 Å². The first-order valence-corrected chi connectivity index (χ1v) is 6.85. The number of rotatable bonds is 4. The standard InChI is InChI=1S/C12H15ClN4S/c1-8(14)11(9-6-16-17(2)7-9)18-12-10(13)4-3-5-15-12/h3-8,11H,14H2,1-2H3. The van der Waals surface area contributed by atoms with Crippen LogP contribution >= 0.6 is 23.4 Å². The van der Waals surface area contributed by atoms with E-state index in [0.29, 0.717) is 5.02 Å². The predicted molar refractivity (Wildman–Crippen MR) is 74.7 cm³/mol. The van der Waals surface area contributed by atoms with Gasteiger partial charge in [-0.15, -0.1) is 0 Å². The second-order valence-corrected chi connectivity index (χ2v) is 5.67. The van der Waals surface area contributed by atoms with Crippen LogP contribution in [-0.2, 0) is 7.05 Å². The molecule has 0 aliphatic rings. The van der Waals surface area contributed by atoms with E-state index in [9.17, 15) is 0 Å². The molecule has 0 spiro atoms. The molecule has 18 heavy (non-hydrogen) atoms. The van der Waals surface area contributed by atoms with Crippen LogP contribution in [0.2, 0.25) is 5.02 Å². The molecule has 96 valence electrons. The zero-order valence-electron chi connectivity index (χ0n) is 10.2. The number of aromatic nitrogens is 3. The third kappa shape index (κ3) is 3.04. The fraction of sp³-hybridized carbons (Fsp3) is 0.333. The first-order chi connectivity index (χ1) is 8.58. The van der Waals surface area contributed by atoms with E-state index in [4.69, 9.17) is 17.3 Å². The molecule has 0 bridgehead atoms. The van der Waals surface area contributed by atoms with Gasteiger partial charge in [-0.2, -0.15) is 5.10 Å². The highest BCUT2D eigenvalue weighted by Crippen LogP contribution is 2.38. The maximum atomic E-state index is 6.12. The normalized spacial score (nSPS) is 14.4. The van der Waals surface area contributed by atoms with Crippen molar-refractivity contribution in [1.29, 1.82) is 0 Å². The number of nitrogens with two attached hydrogens (primary N) is 1. The van der Waals surface area contributed by atoms with Gasteiger partial charge in [-0.05, 0) is 19.1 Å². The van der Waals surface area contributed by atoms with Crippen LogP contribution in [0.15, 0.2) is 35.7 Å². The lowest BCUT2D eigenvalue weighted by Crippen LogP contribution is -2.22. The maximum absolute atomic E-state index is 6.12. The molecule has 0 fully saturated rings. The Morgan fingerprint density at radius 3 is 2.83 bits per heavy atom. The first-order valence-electron chi connectivity index (χ1n) is 5.59. The maximum Gasteiger partial charge on any atom is 0.115 e. The summed E-state index contributed by atoms with van der Waals surface area (Å²) in [6.07, 6.45) is 5.53. The molecule has 2 atom stereocenters. The van der Waals surface area contributed by atoms with E-state index < -0.39 is 0 Å². The minimum Gasteiger partial charge on any atom is -0.327 e. The summed E-state index contributed by atoms with van der Waals surface area (Å²) in [5.41, 5.74) is 7.13. The molecule has 0 aliphatic carbocycles. The molecule has 6 heteroatoms. The summed E-state index contributed by atoms with van der Waals surface area (Å²) in [6.45, 7) is 1.97. The SMILES string of the molecule is CC(N)C(Sc1ncccc1Cl)c1cnn(C)c1. The lowest BCUT2D eigenvalue weighted by atomic mass is 10.1. The van der Waals surface area contributed by atoms with Crippen molar-refractivity contribution in [2.24, 2.45) is 12.8 Å². The van der Waals surface area contributed by atoms with Gasteiger partial charge in [-0.1, -0.05) is 23.4 Å². The predicted octanol–water partition coefficient (Wildman–Crippen LogP) is 2.65. The van der Waals surface area contributed by atoms with Crippen LogP contribution in [-0.4, -0.2) is 20.8 Å². The van der Waals surface area contributed by atoms with Crippen LogP contribution in [0.1, 0.15) is 17.7 Å². The van der Waals surface area contributed by atoms with Gasteiger partial charge < -0.3 is 5.73 Å². The van der Waals surface area contributed by atoms with Crippen LogP contribution in [0.25, 0.3) is 0 Å². The highest BCUT2D eigenvalue weighted by molar-refractivity contribution is 7.99. The fourth-order valence-electron chi connectivity index (χ4n) is 1.64. The van der Waals surface area contributed by atoms with Gasteiger partial charge in [0.05, 0.1) is 16.5 Å². The summed E-state index contributed by atoms with van der Waals surface area (Å²) in [7, 11) is 1.89. The fourth-order valence-corrected chi connectivity index (χ4v) is 2.91. The van der Waals surface area contributed by atoms with Gasteiger partial charge >= 0.3 is 0 Å². The number of pyridine rings is 1. The zero-order valence-corrected chi connectivity index (χ0v) is 11.8. The highest BCUT2D eigenvalue weighted by Gasteiger charge is 2.21. The molecule has 2 rings (SSSR count).